The largest absolute Gasteiger partial charge is 0.457 e. The summed E-state index contributed by atoms with van der Waals surface area (Å²) in [7, 11) is 0. The van der Waals surface area contributed by atoms with Crippen LogP contribution in [0.1, 0.15) is 0 Å². The van der Waals surface area contributed by atoms with Gasteiger partial charge in [-0.25, -0.2) is 0 Å². The first kappa shape index (κ1) is 11.9. The fraction of sp³-hybridized carbons (Fsp3) is 0. The average Bonchev–Trinajstić information content (AvgIpc) is 2.47. The molecule has 0 aromatic heterocycles. The zero-order chi connectivity index (χ0) is 14.1. The van der Waals surface area contributed by atoms with E-state index in [1.807, 2.05) is 72.8 Å². The maximum atomic E-state index is 5.84. The third-order valence-electron chi connectivity index (χ3n) is 3.12. The molecule has 0 aliphatic carbocycles. The van der Waals surface area contributed by atoms with E-state index in [0.29, 0.717) is 0 Å². The smallest absolute Gasteiger partial charge is 0.131 e. The van der Waals surface area contributed by atoms with E-state index in [-0.39, 0.29) is 0 Å². The highest BCUT2D eigenvalue weighted by atomic mass is 16.5. The molecular formula is C18H12O3. The van der Waals surface area contributed by atoms with Crippen LogP contribution in [0.25, 0.3) is 0 Å². The normalized spacial score (nSPS) is 12.0. The van der Waals surface area contributed by atoms with Crippen LogP contribution < -0.4 is 14.2 Å². The number of fused-ring (bicyclic) bond motifs is 6. The van der Waals surface area contributed by atoms with Gasteiger partial charge in [0.25, 0.3) is 0 Å². The van der Waals surface area contributed by atoms with Crippen LogP contribution in [0.15, 0.2) is 72.8 Å². The van der Waals surface area contributed by atoms with Crippen LogP contribution in [-0.4, -0.2) is 0 Å². The lowest BCUT2D eigenvalue weighted by atomic mass is 10.2. The number of hydrogen-bond donors (Lipinski definition) is 0. The van der Waals surface area contributed by atoms with Crippen molar-refractivity contribution < 1.29 is 14.2 Å². The molecule has 0 spiro atoms. The summed E-state index contributed by atoms with van der Waals surface area (Å²) in [5.74, 6) is 4.34. The lowest BCUT2D eigenvalue weighted by Crippen LogP contribution is -1.91. The summed E-state index contributed by atoms with van der Waals surface area (Å²) in [6, 6.07) is 22.6. The summed E-state index contributed by atoms with van der Waals surface area (Å²) < 4.78 is 17.5. The summed E-state index contributed by atoms with van der Waals surface area (Å²) in [5.41, 5.74) is 0. The molecule has 1 heterocycles. The first-order chi connectivity index (χ1) is 10.3. The second kappa shape index (κ2) is 4.87. The van der Waals surface area contributed by atoms with Crippen LogP contribution in [0.4, 0.5) is 0 Å². The van der Waals surface area contributed by atoms with Gasteiger partial charge in [-0.15, -0.1) is 0 Å². The van der Waals surface area contributed by atoms with Gasteiger partial charge in [0.05, 0.1) is 0 Å². The van der Waals surface area contributed by atoms with Crippen molar-refractivity contribution in [3.63, 3.8) is 0 Å². The summed E-state index contributed by atoms with van der Waals surface area (Å²) >= 11 is 0. The topological polar surface area (TPSA) is 27.7 Å². The standard InChI is InChI=1S/C18H12O3/c1-4-13-10-14(5-1)20-16-7-3-9-18(12-16)21-17-8-2-6-15(11-17)19-13/h1-12H. The highest BCUT2D eigenvalue weighted by Gasteiger charge is 2.07. The van der Waals surface area contributed by atoms with Gasteiger partial charge >= 0.3 is 0 Å². The summed E-state index contributed by atoms with van der Waals surface area (Å²) in [4.78, 5) is 0. The van der Waals surface area contributed by atoms with Gasteiger partial charge in [0.2, 0.25) is 0 Å². The van der Waals surface area contributed by atoms with E-state index in [1.165, 1.54) is 0 Å². The molecule has 3 aromatic rings. The number of benzene rings is 3. The highest BCUT2D eigenvalue weighted by Crippen LogP contribution is 2.34. The molecule has 6 bridgehead atoms. The molecule has 0 amide bonds. The SMILES string of the molecule is c1cc2cc(c1)Oc1cccc(c1)Oc1cccc(c1)O2. The number of hydrogen-bond acceptors (Lipinski definition) is 3. The predicted molar refractivity (Wildman–Crippen MR) is 79.5 cm³/mol. The van der Waals surface area contributed by atoms with Crippen molar-refractivity contribution in [2.24, 2.45) is 0 Å². The van der Waals surface area contributed by atoms with Crippen LogP contribution in [0.5, 0.6) is 34.5 Å². The average molecular weight is 276 g/mol. The van der Waals surface area contributed by atoms with Gasteiger partial charge in [-0.3, -0.25) is 0 Å². The van der Waals surface area contributed by atoms with E-state index in [0.717, 1.165) is 34.5 Å². The van der Waals surface area contributed by atoms with Crippen LogP contribution in [0.2, 0.25) is 0 Å². The number of ether oxygens (including phenoxy) is 3. The molecule has 3 aromatic carbocycles. The van der Waals surface area contributed by atoms with Crippen molar-refractivity contribution in [3.8, 4) is 34.5 Å². The Morgan fingerprint density at radius 2 is 0.619 bits per heavy atom. The van der Waals surface area contributed by atoms with Crippen LogP contribution in [0.3, 0.4) is 0 Å². The van der Waals surface area contributed by atoms with E-state index in [4.69, 9.17) is 14.2 Å². The molecule has 3 heteroatoms. The van der Waals surface area contributed by atoms with Gasteiger partial charge in [0.1, 0.15) is 34.5 Å². The molecule has 0 radical (unpaired) electrons. The van der Waals surface area contributed by atoms with E-state index >= 15 is 0 Å². The molecule has 4 rings (SSSR count). The van der Waals surface area contributed by atoms with Gasteiger partial charge in [0, 0.05) is 18.2 Å². The maximum absolute atomic E-state index is 5.84. The predicted octanol–water partition coefficient (Wildman–Crippen LogP) is 5.38. The Kier molecular flexibility index (Phi) is 2.75. The Morgan fingerprint density at radius 1 is 0.381 bits per heavy atom. The zero-order valence-corrected chi connectivity index (χ0v) is 11.2. The minimum absolute atomic E-state index is 0.723. The van der Waals surface area contributed by atoms with Crippen molar-refractivity contribution in [2.45, 2.75) is 0 Å². The third kappa shape index (κ3) is 2.54. The molecule has 0 atom stereocenters. The van der Waals surface area contributed by atoms with Gasteiger partial charge in [-0.1, -0.05) is 18.2 Å². The summed E-state index contributed by atoms with van der Waals surface area (Å²) in [6.07, 6.45) is 0. The van der Waals surface area contributed by atoms with Gasteiger partial charge in [0.15, 0.2) is 0 Å². The minimum Gasteiger partial charge on any atom is -0.457 e. The van der Waals surface area contributed by atoms with Crippen molar-refractivity contribution in [2.75, 3.05) is 0 Å². The molecule has 0 N–H and O–H groups in total. The van der Waals surface area contributed by atoms with E-state index in [1.54, 1.807) is 0 Å². The molecule has 1 aliphatic heterocycles. The van der Waals surface area contributed by atoms with Gasteiger partial charge in [-0.05, 0) is 36.4 Å². The van der Waals surface area contributed by atoms with E-state index in [2.05, 4.69) is 0 Å². The molecular weight excluding hydrogens is 264 g/mol. The molecule has 3 nitrogen and oxygen atoms in total. The maximum Gasteiger partial charge on any atom is 0.131 e. The van der Waals surface area contributed by atoms with Gasteiger partial charge in [-0.2, -0.15) is 0 Å². The van der Waals surface area contributed by atoms with E-state index in [9.17, 15) is 0 Å². The van der Waals surface area contributed by atoms with Crippen molar-refractivity contribution in [1.29, 1.82) is 0 Å². The lowest BCUT2D eigenvalue weighted by molar-refractivity contribution is 0.439. The minimum atomic E-state index is 0.723. The van der Waals surface area contributed by atoms with Gasteiger partial charge < -0.3 is 14.2 Å². The molecule has 0 unspecified atom stereocenters. The van der Waals surface area contributed by atoms with Crippen LogP contribution in [0, 0.1) is 0 Å². The first-order valence-corrected chi connectivity index (χ1v) is 6.69. The third-order valence-corrected chi connectivity index (χ3v) is 3.12. The summed E-state index contributed by atoms with van der Waals surface area (Å²) in [5, 5.41) is 0. The molecule has 21 heavy (non-hydrogen) atoms. The fourth-order valence-electron chi connectivity index (χ4n) is 2.21. The molecule has 102 valence electrons. The Balaban J connectivity index is 1.87. The second-order valence-corrected chi connectivity index (χ2v) is 4.73. The Morgan fingerprint density at radius 3 is 0.857 bits per heavy atom. The van der Waals surface area contributed by atoms with Crippen molar-refractivity contribution in [3.05, 3.63) is 72.8 Å². The Hall–Kier alpha value is -2.94. The number of rotatable bonds is 0. The van der Waals surface area contributed by atoms with Crippen LogP contribution >= 0.6 is 0 Å². The van der Waals surface area contributed by atoms with Crippen molar-refractivity contribution >= 4 is 0 Å². The fourth-order valence-corrected chi connectivity index (χ4v) is 2.21. The van der Waals surface area contributed by atoms with Crippen molar-refractivity contribution in [1.82, 2.24) is 0 Å². The molecule has 0 saturated carbocycles. The highest BCUT2D eigenvalue weighted by molar-refractivity contribution is 5.44. The van der Waals surface area contributed by atoms with Crippen LogP contribution in [-0.2, 0) is 0 Å². The quantitative estimate of drug-likeness (QED) is 0.431. The Bertz CT molecular complexity index is 636. The summed E-state index contributed by atoms with van der Waals surface area (Å²) in [6.45, 7) is 0. The molecule has 1 aliphatic rings. The zero-order valence-electron chi connectivity index (χ0n) is 11.2. The molecule has 0 fully saturated rings. The molecule has 0 saturated heterocycles. The Labute approximate surface area is 122 Å². The lowest BCUT2D eigenvalue weighted by Gasteiger charge is -2.13. The van der Waals surface area contributed by atoms with E-state index < -0.39 is 0 Å². The second-order valence-electron chi connectivity index (χ2n) is 4.73. The first-order valence-electron chi connectivity index (χ1n) is 6.69. The monoisotopic (exact) mass is 276 g/mol.